The van der Waals surface area contributed by atoms with Gasteiger partial charge in [0.05, 0.1) is 11.7 Å². The van der Waals surface area contributed by atoms with Crippen LogP contribution in [0.4, 0.5) is 5.69 Å². The number of carbonyl (C=O) groups excluding carboxylic acids is 2. The quantitative estimate of drug-likeness (QED) is 0.913. The van der Waals surface area contributed by atoms with E-state index in [1.54, 1.807) is 43.2 Å². The summed E-state index contributed by atoms with van der Waals surface area (Å²) in [5.74, 6) is -0.445. The maximum absolute atomic E-state index is 12.5. The number of nitrogens with zero attached hydrogens (tertiary/aromatic N) is 4. The molecule has 2 rings (SSSR count). The maximum Gasteiger partial charge on any atom is 0.278 e. The van der Waals surface area contributed by atoms with E-state index in [0.29, 0.717) is 29.1 Å². The number of anilines is 1. The Labute approximate surface area is 141 Å². The van der Waals surface area contributed by atoms with Gasteiger partial charge in [0.15, 0.2) is 5.69 Å². The summed E-state index contributed by atoms with van der Waals surface area (Å²) in [7, 11) is 3.37. The van der Waals surface area contributed by atoms with Crippen LogP contribution in [0.15, 0.2) is 24.3 Å². The highest BCUT2D eigenvalue weighted by molar-refractivity contribution is 6.04. The van der Waals surface area contributed by atoms with Crippen LogP contribution >= 0.6 is 0 Å². The van der Waals surface area contributed by atoms with Crippen LogP contribution < -0.4 is 5.32 Å². The van der Waals surface area contributed by atoms with Crippen LogP contribution in [0.25, 0.3) is 0 Å². The third-order valence-electron chi connectivity index (χ3n) is 3.48. The molecule has 2 aromatic rings. The SMILES string of the molecule is CCc1nn(C(C)C)nc1C(=O)Nc1cccc(C(=O)N(C)C)c1. The maximum atomic E-state index is 12.5. The van der Waals surface area contributed by atoms with Gasteiger partial charge in [0.2, 0.25) is 0 Å². The number of benzene rings is 1. The summed E-state index contributed by atoms with van der Waals surface area (Å²) in [5.41, 5.74) is 2.03. The van der Waals surface area contributed by atoms with Gasteiger partial charge in [-0.15, -0.1) is 5.10 Å². The van der Waals surface area contributed by atoms with Crippen LogP contribution in [0, 0.1) is 0 Å². The number of hydrogen-bond acceptors (Lipinski definition) is 4. The van der Waals surface area contributed by atoms with Crippen molar-refractivity contribution in [2.45, 2.75) is 33.2 Å². The first-order chi connectivity index (χ1) is 11.3. The summed E-state index contributed by atoms with van der Waals surface area (Å²) in [4.78, 5) is 27.6. The number of rotatable bonds is 5. The molecule has 1 aromatic heterocycles. The third-order valence-corrected chi connectivity index (χ3v) is 3.48. The Morgan fingerprint density at radius 3 is 2.54 bits per heavy atom. The van der Waals surface area contributed by atoms with Gasteiger partial charge in [0.1, 0.15) is 0 Å². The van der Waals surface area contributed by atoms with Crippen molar-refractivity contribution in [1.29, 1.82) is 0 Å². The first kappa shape index (κ1) is 17.7. The van der Waals surface area contributed by atoms with E-state index in [1.807, 2.05) is 20.8 Å². The first-order valence-corrected chi connectivity index (χ1v) is 7.92. The molecular weight excluding hydrogens is 306 g/mol. The Morgan fingerprint density at radius 2 is 1.96 bits per heavy atom. The number of nitrogens with one attached hydrogen (secondary N) is 1. The van der Waals surface area contributed by atoms with E-state index in [0.717, 1.165) is 0 Å². The molecule has 24 heavy (non-hydrogen) atoms. The van der Waals surface area contributed by atoms with Crippen LogP contribution in [0.3, 0.4) is 0 Å². The minimum absolute atomic E-state index is 0.0814. The lowest BCUT2D eigenvalue weighted by atomic mass is 10.1. The van der Waals surface area contributed by atoms with Crippen LogP contribution in [0.5, 0.6) is 0 Å². The molecule has 0 aliphatic rings. The van der Waals surface area contributed by atoms with Gasteiger partial charge in [0, 0.05) is 25.3 Å². The van der Waals surface area contributed by atoms with Gasteiger partial charge in [-0.25, -0.2) is 0 Å². The molecule has 0 atom stereocenters. The van der Waals surface area contributed by atoms with Crippen molar-refractivity contribution in [3.63, 3.8) is 0 Å². The van der Waals surface area contributed by atoms with Gasteiger partial charge in [0.25, 0.3) is 11.8 Å². The van der Waals surface area contributed by atoms with Gasteiger partial charge >= 0.3 is 0 Å². The number of aromatic nitrogens is 3. The van der Waals surface area contributed by atoms with E-state index < -0.39 is 0 Å². The minimum atomic E-state index is -0.326. The summed E-state index contributed by atoms with van der Waals surface area (Å²) in [6, 6.07) is 6.92. The van der Waals surface area contributed by atoms with Crippen LogP contribution in [0.2, 0.25) is 0 Å². The van der Waals surface area contributed by atoms with E-state index in [1.165, 1.54) is 4.90 Å². The number of amides is 2. The van der Waals surface area contributed by atoms with E-state index in [9.17, 15) is 9.59 Å². The molecule has 0 spiro atoms. The second-order valence-electron chi connectivity index (χ2n) is 6.00. The zero-order valence-corrected chi connectivity index (χ0v) is 14.7. The molecule has 0 radical (unpaired) electrons. The molecule has 128 valence electrons. The Kier molecular flexibility index (Phi) is 5.33. The molecule has 1 N–H and O–H groups in total. The van der Waals surface area contributed by atoms with Crippen molar-refractivity contribution in [2.75, 3.05) is 19.4 Å². The molecule has 0 bridgehead atoms. The molecule has 7 heteroatoms. The topological polar surface area (TPSA) is 80.1 Å². The van der Waals surface area contributed by atoms with Crippen molar-refractivity contribution in [1.82, 2.24) is 19.9 Å². The molecule has 7 nitrogen and oxygen atoms in total. The molecule has 0 saturated carbocycles. The molecular formula is C17H23N5O2. The van der Waals surface area contributed by atoms with Crippen molar-refractivity contribution in [2.24, 2.45) is 0 Å². The summed E-state index contributed by atoms with van der Waals surface area (Å²) in [6.07, 6.45) is 0.620. The predicted molar refractivity (Wildman–Crippen MR) is 92.2 cm³/mol. The van der Waals surface area contributed by atoms with Gasteiger partial charge in [-0.1, -0.05) is 13.0 Å². The number of carbonyl (C=O) groups is 2. The molecule has 1 aromatic carbocycles. The summed E-state index contributed by atoms with van der Waals surface area (Å²) < 4.78 is 0. The molecule has 1 heterocycles. The standard InChI is InChI=1S/C17H23N5O2/c1-6-14-15(20-22(19-14)11(2)3)16(23)18-13-9-7-8-12(10-13)17(24)21(4)5/h7-11H,6H2,1-5H3,(H,18,23). The molecule has 0 aliphatic heterocycles. The normalized spacial score (nSPS) is 10.8. The van der Waals surface area contributed by atoms with Crippen molar-refractivity contribution < 1.29 is 9.59 Å². The molecule has 2 amide bonds. The van der Waals surface area contributed by atoms with E-state index in [2.05, 4.69) is 15.5 Å². The largest absolute Gasteiger partial charge is 0.345 e. The predicted octanol–water partition coefficient (Wildman–Crippen LogP) is 2.38. The van der Waals surface area contributed by atoms with Crippen LogP contribution in [-0.2, 0) is 6.42 Å². The third kappa shape index (κ3) is 3.79. The smallest absolute Gasteiger partial charge is 0.278 e. The molecule has 0 unspecified atom stereocenters. The first-order valence-electron chi connectivity index (χ1n) is 7.92. The Morgan fingerprint density at radius 1 is 1.25 bits per heavy atom. The second-order valence-corrected chi connectivity index (χ2v) is 6.00. The lowest BCUT2D eigenvalue weighted by Gasteiger charge is -2.11. The zero-order valence-electron chi connectivity index (χ0n) is 14.7. The fourth-order valence-electron chi connectivity index (χ4n) is 2.18. The van der Waals surface area contributed by atoms with Crippen molar-refractivity contribution in [3.05, 3.63) is 41.2 Å². The average molecular weight is 329 g/mol. The summed E-state index contributed by atoms with van der Waals surface area (Å²) in [6.45, 7) is 5.84. The monoisotopic (exact) mass is 329 g/mol. The highest BCUT2D eigenvalue weighted by Gasteiger charge is 2.19. The molecule has 0 aliphatic carbocycles. The van der Waals surface area contributed by atoms with Gasteiger partial charge in [-0.05, 0) is 38.5 Å². The van der Waals surface area contributed by atoms with Crippen molar-refractivity contribution >= 4 is 17.5 Å². The summed E-state index contributed by atoms with van der Waals surface area (Å²) >= 11 is 0. The number of hydrogen-bond donors (Lipinski definition) is 1. The fourth-order valence-corrected chi connectivity index (χ4v) is 2.18. The van der Waals surface area contributed by atoms with Gasteiger partial charge < -0.3 is 10.2 Å². The molecule has 0 fully saturated rings. The molecule has 0 saturated heterocycles. The average Bonchev–Trinajstić information content (AvgIpc) is 2.99. The number of aryl methyl sites for hydroxylation is 1. The van der Waals surface area contributed by atoms with Gasteiger partial charge in [-0.2, -0.15) is 9.90 Å². The zero-order chi connectivity index (χ0) is 17.9. The Balaban J connectivity index is 2.24. The Hall–Kier alpha value is -2.70. The van der Waals surface area contributed by atoms with E-state index in [-0.39, 0.29) is 17.9 Å². The van der Waals surface area contributed by atoms with Crippen LogP contribution in [0.1, 0.15) is 53.4 Å². The lowest BCUT2D eigenvalue weighted by molar-refractivity contribution is 0.0827. The minimum Gasteiger partial charge on any atom is -0.345 e. The lowest BCUT2D eigenvalue weighted by Crippen LogP contribution is -2.22. The van der Waals surface area contributed by atoms with E-state index >= 15 is 0 Å². The highest BCUT2D eigenvalue weighted by atomic mass is 16.2. The second kappa shape index (κ2) is 7.25. The highest BCUT2D eigenvalue weighted by Crippen LogP contribution is 2.15. The van der Waals surface area contributed by atoms with Gasteiger partial charge in [-0.3, -0.25) is 9.59 Å². The van der Waals surface area contributed by atoms with Crippen LogP contribution in [-0.4, -0.2) is 45.8 Å². The van der Waals surface area contributed by atoms with E-state index in [4.69, 9.17) is 0 Å². The Bertz CT molecular complexity index is 749. The summed E-state index contributed by atoms with van der Waals surface area (Å²) in [5, 5.41) is 11.4. The van der Waals surface area contributed by atoms with Crippen molar-refractivity contribution in [3.8, 4) is 0 Å². The fraction of sp³-hybridized carbons (Fsp3) is 0.412.